The summed E-state index contributed by atoms with van der Waals surface area (Å²) >= 11 is 0.331. The second-order valence-electron chi connectivity index (χ2n) is 3.14. The predicted molar refractivity (Wildman–Crippen MR) is 60.0 cm³/mol. The van der Waals surface area contributed by atoms with Gasteiger partial charge in [-0.2, -0.15) is 8.42 Å². The molecule has 100 valence electrons. The van der Waals surface area contributed by atoms with E-state index < -0.39 is 31.9 Å². The van der Waals surface area contributed by atoms with Crippen molar-refractivity contribution >= 4 is 33.5 Å². The molecule has 0 saturated carbocycles. The van der Waals surface area contributed by atoms with Crippen molar-refractivity contribution in [2.24, 2.45) is 0 Å². The molecule has 0 aliphatic carbocycles. The lowest BCUT2D eigenvalue weighted by Gasteiger charge is -2.00. The van der Waals surface area contributed by atoms with Crippen molar-refractivity contribution in [3.63, 3.8) is 0 Å². The molecule has 0 N–H and O–H groups in total. The lowest BCUT2D eigenvalue weighted by molar-refractivity contribution is 0.0596. The fourth-order valence-electron chi connectivity index (χ4n) is 1.28. The molecule has 0 amide bonds. The van der Waals surface area contributed by atoms with Crippen LogP contribution in [0.5, 0.6) is 0 Å². The van der Waals surface area contributed by atoms with Gasteiger partial charge in [-0.3, -0.25) is 0 Å². The number of hydrogen-bond acceptors (Lipinski definition) is 7. The van der Waals surface area contributed by atoms with Crippen molar-refractivity contribution in [2.75, 3.05) is 14.2 Å². The highest BCUT2D eigenvalue weighted by Crippen LogP contribution is 2.34. The van der Waals surface area contributed by atoms with Gasteiger partial charge in [0.05, 0.1) is 19.8 Å². The van der Waals surface area contributed by atoms with E-state index in [1.54, 1.807) is 0 Å². The van der Waals surface area contributed by atoms with Crippen LogP contribution in [0.2, 0.25) is 0 Å². The minimum absolute atomic E-state index is 0.00919. The van der Waals surface area contributed by atoms with E-state index in [4.69, 9.17) is 0 Å². The van der Waals surface area contributed by atoms with Crippen LogP contribution in [0.3, 0.4) is 0 Å². The summed E-state index contributed by atoms with van der Waals surface area (Å²) in [6, 6.07) is 0. The monoisotopic (exact) mass is 296 g/mol. The second-order valence-corrected chi connectivity index (χ2v) is 5.70. The molecule has 6 nitrogen and oxygen atoms in total. The Hall–Kier alpha value is -1.48. The summed E-state index contributed by atoms with van der Waals surface area (Å²) < 4.78 is 42.9. The molecule has 1 aromatic rings. The average Bonchev–Trinajstić information content (AvgIpc) is 2.64. The maximum atomic E-state index is 13.1. The van der Waals surface area contributed by atoms with Gasteiger partial charge >= 0.3 is 22.2 Å². The molecule has 0 radical (unpaired) electrons. The van der Waals surface area contributed by atoms with E-state index in [-0.39, 0.29) is 10.4 Å². The van der Waals surface area contributed by atoms with Crippen molar-refractivity contribution in [3.8, 4) is 0 Å². The lowest BCUT2D eigenvalue weighted by Crippen LogP contribution is -2.07. The summed E-state index contributed by atoms with van der Waals surface area (Å²) in [5.74, 6) is -1.88. The lowest BCUT2D eigenvalue weighted by atomic mass is 10.2. The first-order valence-electron chi connectivity index (χ1n) is 4.48. The largest absolute Gasteiger partial charge is 0.465 e. The molecule has 0 aromatic carbocycles. The number of esters is 2. The number of thiophene rings is 1. The van der Waals surface area contributed by atoms with Gasteiger partial charge in [-0.1, -0.05) is 3.89 Å². The highest BCUT2D eigenvalue weighted by Gasteiger charge is 2.32. The first kappa shape index (κ1) is 14.6. The van der Waals surface area contributed by atoms with Crippen molar-refractivity contribution in [3.05, 3.63) is 16.0 Å². The van der Waals surface area contributed by atoms with Crippen LogP contribution < -0.4 is 0 Å². The summed E-state index contributed by atoms with van der Waals surface area (Å²) in [7, 11) is -3.02. The molecule has 1 heterocycles. The van der Waals surface area contributed by atoms with E-state index in [1.807, 2.05) is 0 Å². The van der Waals surface area contributed by atoms with Crippen LogP contribution >= 0.6 is 11.3 Å². The molecular formula is C9H9FO6S2. The van der Waals surface area contributed by atoms with Gasteiger partial charge < -0.3 is 9.47 Å². The zero-order valence-corrected chi connectivity index (χ0v) is 11.3. The van der Waals surface area contributed by atoms with Crippen LogP contribution in [0.25, 0.3) is 0 Å². The highest BCUT2D eigenvalue weighted by molar-refractivity contribution is 7.88. The summed E-state index contributed by atoms with van der Waals surface area (Å²) in [6.45, 7) is 1.31. The van der Waals surface area contributed by atoms with Gasteiger partial charge in [-0.15, -0.1) is 11.3 Å². The summed E-state index contributed by atoms with van der Waals surface area (Å²) in [4.78, 5) is 22.6. The molecule has 0 bridgehead atoms. The van der Waals surface area contributed by atoms with E-state index in [0.29, 0.717) is 11.3 Å². The summed E-state index contributed by atoms with van der Waals surface area (Å²) in [5, 5.41) is 0. The van der Waals surface area contributed by atoms with Crippen molar-refractivity contribution < 1.29 is 31.4 Å². The predicted octanol–water partition coefficient (Wildman–Crippen LogP) is 1.29. The van der Waals surface area contributed by atoms with Crippen LogP contribution in [0.4, 0.5) is 3.89 Å². The fourth-order valence-corrected chi connectivity index (χ4v) is 3.36. The normalized spacial score (nSPS) is 11.1. The third kappa shape index (κ3) is 2.51. The van der Waals surface area contributed by atoms with Crippen LogP contribution in [-0.4, -0.2) is 34.6 Å². The van der Waals surface area contributed by atoms with Gasteiger partial charge in [0, 0.05) is 0 Å². The number of ether oxygens (including phenoxy) is 2. The third-order valence-corrected chi connectivity index (χ3v) is 4.66. The molecule has 0 fully saturated rings. The van der Waals surface area contributed by atoms with Gasteiger partial charge in [0.25, 0.3) is 0 Å². The number of carbonyl (C=O) groups excluding carboxylic acids is 2. The molecule has 0 atom stereocenters. The zero-order chi connectivity index (χ0) is 14.1. The number of methoxy groups -OCH3 is 2. The van der Waals surface area contributed by atoms with Gasteiger partial charge in [0.1, 0.15) is 4.88 Å². The van der Waals surface area contributed by atoms with E-state index in [2.05, 4.69) is 9.47 Å². The number of rotatable bonds is 3. The van der Waals surface area contributed by atoms with Gasteiger partial charge in [0.2, 0.25) is 0 Å². The Labute approximate surface area is 107 Å². The quantitative estimate of drug-likeness (QED) is 0.617. The van der Waals surface area contributed by atoms with Crippen LogP contribution in [-0.2, 0) is 19.7 Å². The maximum Gasteiger partial charge on any atom is 0.348 e. The average molecular weight is 296 g/mol. The summed E-state index contributed by atoms with van der Waals surface area (Å²) in [6.07, 6.45) is 0. The molecule has 0 spiro atoms. The third-order valence-electron chi connectivity index (χ3n) is 2.10. The molecule has 18 heavy (non-hydrogen) atoms. The molecule has 0 unspecified atom stereocenters. The Morgan fingerprint density at radius 3 is 2.06 bits per heavy atom. The number of hydrogen-bond donors (Lipinski definition) is 0. The molecule has 1 aromatic heterocycles. The first-order valence-corrected chi connectivity index (χ1v) is 6.68. The zero-order valence-electron chi connectivity index (χ0n) is 9.64. The molecule has 0 saturated heterocycles. The molecule has 9 heteroatoms. The SMILES string of the molecule is COC(=O)c1sc(S(=O)(=O)F)c(C(=O)OC)c1C. The van der Waals surface area contributed by atoms with Crippen LogP contribution in [0, 0.1) is 6.92 Å². The molecule has 0 aliphatic heterocycles. The first-order chi connectivity index (χ1) is 8.23. The van der Waals surface area contributed by atoms with Crippen molar-refractivity contribution in [1.29, 1.82) is 0 Å². The molecule has 0 aliphatic rings. The standard InChI is InChI=1S/C9H9FO6S2/c1-4-5(7(11)15-2)9(18(10,13)14)17-6(4)8(12)16-3/h1-3H3. The Morgan fingerprint density at radius 1 is 1.17 bits per heavy atom. The Bertz CT molecular complexity index is 601. The highest BCUT2D eigenvalue weighted by atomic mass is 32.3. The van der Waals surface area contributed by atoms with Gasteiger partial charge in [-0.25, -0.2) is 9.59 Å². The van der Waals surface area contributed by atoms with Crippen LogP contribution in [0.15, 0.2) is 4.21 Å². The fraction of sp³-hybridized carbons (Fsp3) is 0.333. The van der Waals surface area contributed by atoms with E-state index >= 15 is 0 Å². The van der Waals surface area contributed by atoms with Gasteiger partial charge in [0.15, 0.2) is 4.21 Å². The van der Waals surface area contributed by atoms with Crippen molar-refractivity contribution in [2.45, 2.75) is 11.1 Å². The minimum atomic E-state index is -5.12. The topological polar surface area (TPSA) is 86.7 Å². The Balaban J connectivity index is 3.62. The van der Waals surface area contributed by atoms with E-state index in [0.717, 1.165) is 14.2 Å². The molecular weight excluding hydrogens is 287 g/mol. The van der Waals surface area contributed by atoms with Crippen molar-refractivity contribution in [1.82, 2.24) is 0 Å². The molecule has 1 rings (SSSR count). The summed E-state index contributed by atoms with van der Waals surface area (Å²) in [5.41, 5.74) is -0.472. The van der Waals surface area contributed by atoms with E-state index in [1.165, 1.54) is 6.92 Å². The Kier molecular flexibility index (Phi) is 4.07. The maximum absolute atomic E-state index is 13.1. The number of halogens is 1. The Morgan fingerprint density at radius 2 is 1.67 bits per heavy atom. The minimum Gasteiger partial charge on any atom is -0.465 e. The van der Waals surface area contributed by atoms with E-state index in [9.17, 15) is 21.9 Å². The smallest absolute Gasteiger partial charge is 0.348 e. The van der Waals surface area contributed by atoms with Crippen LogP contribution in [0.1, 0.15) is 25.6 Å². The number of carbonyl (C=O) groups is 2. The second kappa shape index (κ2) is 5.02. The van der Waals surface area contributed by atoms with Gasteiger partial charge in [-0.05, 0) is 12.5 Å².